The van der Waals surface area contributed by atoms with Crippen molar-refractivity contribution in [3.05, 3.63) is 0 Å². The lowest BCUT2D eigenvalue weighted by Crippen LogP contribution is -2.61. The van der Waals surface area contributed by atoms with Crippen molar-refractivity contribution in [2.24, 2.45) is 5.73 Å². The molecule has 20 heavy (non-hydrogen) atoms. The van der Waals surface area contributed by atoms with Gasteiger partial charge in [0.1, 0.15) is 0 Å². The Hall–Kier alpha value is -1.30. The van der Waals surface area contributed by atoms with Gasteiger partial charge in [-0.05, 0) is 19.8 Å². The van der Waals surface area contributed by atoms with Gasteiger partial charge in [-0.1, -0.05) is 19.3 Å². The van der Waals surface area contributed by atoms with E-state index in [1.807, 2.05) is 11.8 Å². The minimum atomic E-state index is -0.661. The SMILES string of the molecule is CCNC(=O)N1CCN(C(=O)C2(N)CCCCC2)CC1. The Morgan fingerprint density at radius 2 is 1.60 bits per heavy atom. The summed E-state index contributed by atoms with van der Waals surface area (Å²) in [6.45, 7) is 4.90. The van der Waals surface area contributed by atoms with Gasteiger partial charge in [0.15, 0.2) is 0 Å². The minimum Gasteiger partial charge on any atom is -0.338 e. The van der Waals surface area contributed by atoms with E-state index in [0.29, 0.717) is 32.7 Å². The molecule has 0 unspecified atom stereocenters. The third-order valence-corrected chi connectivity index (χ3v) is 4.35. The van der Waals surface area contributed by atoms with Crippen LogP contribution >= 0.6 is 0 Å². The number of amides is 3. The van der Waals surface area contributed by atoms with Crippen molar-refractivity contribution in [2.45, 2.75) is 44.6 Å². The van der Waals surface area contributed by atoms with Gasteiger partial charge in [0.25, 0.3) is 0 Å². The average Bonchev–Trinajstić information content (AvgIpc) is 2.48. The van der Waals surface area contributed by atoms with Crippen LogP contribution in [0, 0.1) is 0 Å². The Morgan fingerprint density at radius 1 is 1.05 bits per heavy atom. The second-order valence-corrected chi connectivity index (χ2v) is 5.83. The lowest BCUT2D eigenvalue weighted by atomic mass is 9.81. The van der Waals surface area contributed by atoms with Crippen molar-refractivity contribution in [3.63, 3.8) is 0 Å². The molecular formula is C14H26N4O2. The molecule has 0 aromatic rings. The molecule has 0 bridgehead atoms. The highest BCUT2D eigenvalue weighted by Crippen LogP contribution is 2.28. The fraction of sp³-hybridized carbons (Fsp3) is 0.857. The molecule has 6 nitrogen and oxygen atoms in total. The zero-order chi connectivity index (χ0) is 14.6. The molecule has 2 aliphatic rings. The Balaban J connectivity index is 1.87. The van der Waals surface area contributed by atoms with Gasteiger partial charge in [0, 0.05) is 32.7 Å². The smallest absolute Gasteiger partial charge is 0.317 e. The summed E-state index contributed by atoms with van der Waals surface area (Å²) in [5, 5.41) is 2.79. The van der Waals surface area contributed by atoms with Gasteiger partial charge in [-0.25, -0.2) is 4.79 Å². The molecule has 1 saturated carbocycles. The number of nitrogens with zero attached hydrogens (tertiary/aromatic N) is 2. The molecule has 2 rings (SSSR count). The zero-order valence-electron chi connectivity index (χ0n) is 12.4. The molecule has 3 amide bonds. The van der Waals surface area contributed by atoms with Gasteiger partial charge < -0.3 is 20.9 Å². The van der Waals surface area contributed by atoms with Crippen LogP contribution in [0.15, 0.2) is 0 Å². The molecule has 3 N–H and O–H groups in total. The summed E-state index contributed by atoms with van der Waals surface area (Å²) in [6.07, 6.45) is 4.85. The minimum absolute atomic E-state index is 0.0419. The molecule has 1 aliphatic heterocycles. The maximum Gasteiger partial charge on any atom is 0.317 e. The van der Waals surface area contributed by atoms with Gasteiger partial charge >= 0.3 is 6.03 Å². The molecular weight excluding hydrogens is 256 g/mol. The van der Waals surface area contributed by atoms with E-state index in [1.54, 1.807) is 4.90 Å². The van der Waals surface area contributed by atoms with Crippen LogP contribution in [0.25, 0.3) is 0 Å². The summed E-state index contributed by atoms with van der Waals surface area (Å²) in [6, 6.07) is -0.0419. The number of carbonyl (C=O) groups is 2. The quantitative estimate of drug-likeness (QED) is 0.775. The number of nitrogens with one attached hydrogen (secondary N) is 1. The van der Waals surface area contributed by atoms with Gasteiger partial charge in [-0.3, -0.25) is 4.79 Å². The van der Waals surface area contributed by atoms with E-state index in [1.165, 1.54) is 6.42 Å². The van der Waals surface area contributed by atoms with E-state index in [4.69, 9.17) is 5.73 Å². The lowest BCUT2D eigenvalue weighted by Gasteiger charge is -2.40. The van der Waals surface area contributed by atoms with Crippen LogP contribution in [0.1, 0.15) is 39.0 Å². The van der Waals surface area contributed by atoms with E-state index < -0.39 is 5.54 Å². The molecule has 0 radical (unpaired) electrons. The van der Waals surface area contributed by atoms with Gasteiger partial charge in [-0.15, -0.1) is 0 Å². The van der Waals surface area contributed by atoms with Crippen LogP contribution in [-0.2, 0) is 4.79 Å². The van der Waals surface area contributed by atoms with E-state index >= 15 is 0 Å². The van der Waals surface area contributed by atoms with E-state index in [2.05, 4.69) is 5.32 Å². The summed E-state index contributed by atoms with van der Waals surface area (Å²) in [5.41, 5.74) is 5.63. The normalized spacial score (nSPS) is 22.5. The number of nitrogens with two attached hydrogens (primary N) is 1. The number of hydrogen-bond acceptors (Lipinski definition) is 3. The van der Waals surface area contributed by atoms with Gasteiger partial charge in [-0.2, -0.15) is 0 Å². The maximum atomic E-state index is 12.6. The third kappa shape index (κ3) is 3.23. The zero-order valence-corrected chi connectivity index (χ0v) is 12.4. The number of carbonyl (C=O) groups excluding carboxylic acids is 2. The third-order valence-electron chi connectivity index (χ3n) is 4.35. The molecule has 0 aromatic heterocycles. The van der Waals surface area contributed by atoms with Crippen molar-refractivity contribution < 1.29 is 9.59 Å². The lowest BCUT2D eigenvalue weighted by molar-refractivity contribution is -0.139. The summed E-state index contributed by atoms with van der Waals surface area (Å²) >= 11 is 0. The van der Waals surface area contributed by atoms with Crippen molar-refractivity contribution in [1.29, 1.82) is 0 Å². The van der Waals surface area contributed by atoms with Crippen LogP contribution in [0.2, 0.25) is 0 Å². The van der Waals surface area contributed by atoms with Crippen molar-refractivity contribution in [1.82, 2.24) is 15.1 Å². The van der Waals surface area contributed by atoms with Gasteiger partial charge in [0.2, 0.25) is 5.91 Å². The molecule has 0 spiro atoms. The number of urea groups is 1. The first-order valence-corrected chi connectivity index (χ1v) is 7.68. The molecule has 0 aromatic carbocycles. The van der Waals surface area contributed by atoms with Crippen molar-refractivity contribution in [2.75, 3.05) is 32.7 Å². The van der Waals surface area contributed by atoms with Crippen LogP contribution in [0.3, 0.4) is 0 Å². The topological polar surface area (TPSA) is 78.7 Å². The molecule has 6 heteroatoms. The molecule has 1 heterocycles. The first-order chi connectivity index (χ1) is 9.57. The van der Waals surface area contributed by atoms with E-state index in [9.17, 15) is 9.59 Å². The van der Waals surface area contributed by atoms with Crippen molar-refractivity contribution >= 4 is 11.9 Å². The maximum absolute atomic E-state index is 12.6. The first kappa shape index (κ1) is 15.1. The highest BCUT2D eigenvalue weighted by molar-refractivity contribution is 5.86. The summed E-state index contributed by atoms with van der Waals surface area (Å²) in [7, 11) is 0. The summed E-state index contributed by atoms with van der Waals surface area (Å²) in [4.78, 5) is 27.9. The van der Waals surface area contributed by atoms with Crippen LogP contribution in [-0.4, -0.2) is 60.0 Å². The first-order valence-electron chi connectivity index (χ1n) is 7.68. The van der Waals surface area contributed by atoms with Crippen LogP contribution in [0.4, 0.5) is 4.79 Å². The molecule has 0 atom stereocenters. The number of hydrogen-bond donors (Lipinski definition) is 2. The number of rotatable bonds is 2. The predicted octanol–water partition coefficient (Wildman–Crippen LogP) is 0.522. The second kappa shape index (κ2) is 6.43. The molecule has 1 aliphatic carbocycles. The Labute approximate surface area is 120 Å². The van der Waals surface area contributed by atoms with Crippen LogP contribution in [0.5, 0.6) is 0 Å². The van der Waals surface area contributed by atoms with E-state index in [0.717, 1.165) is 25.7 Å². The summed E-state index contributed by atoms with van der Waals surface area (Å²) < 4.78 is 0. The monoisotopic (exact) mass is 282 g/mol. The van der Waals surface area contributed by atoms with E-state index in [-0.39, 0.29) is 11.9 Å². The predicted molar refractivity (Wildman–Crippen MR) is 77.2 cm³/mol. The molecule has 114 valence electrons. The highest BCUT2D eigenvalue weighted by Gasteiger charge is 2.39. The fourth-order valence-electron chi connectivity index (χ4n) is 3.09. The van der Waals surface area contributed by atoms with Crippen molar-refractivity contribution in [3.8, 4) is 0 Å². The van der Waals surface area contributed by atoms with Gasteiger partial charge in [0.05, 0.1) is 5.54 Å². The Kier molecular flexibility index (Phi) is 4.86. The average molecular weight is 282 g/mol. The van der Waals surface area contributed by atoms with Crippen LogP contribution < -0.4 is 11.1 Å². The largest absolute Gasteiger partial charge is 0.338 e. The highest BCUT2D eigenvalue weighted by atomic mass is 16.2. The Morgan fingerprint density at radius 3 is 2.15 bits per heavy atom. The fourth-order valence-corrected chi connectivity index (χ4v) is 3.09. The second-order valence-electron chi connectivity index (χ2n) is 5.83. The standard InChI is InChI=1S/C14H26N4O2/c1-2-16-13(20)18-10-8-17(9-11-18)12(19)14(15)6-4-3-5-7-14/h2-11,15H2,1H3,(H,16,20). The molecule has 2 fully saturated rings. The Bertz CT molecular complexity index is 358. The number of piperazine rings is 1. The summed E-state index contributed by atoms with van der Waals surface area (Å²) in [5.74, 6) is 0.0766. The molecule has 1 saturated heterocycles.